The Hall–Kier alpha value is -1.84. The number of rotatable bonds is 4. The van der Waals surface area contributed by atoms with Gasteiger partial charge in [-0.05, 0) is 25.5 Å². The van der Waals surface area contributed by atoms with E-state index in [4.69, 9.17) is 4.74 Å². The van der Waals surface area contributed by atoms with Gasteiger partial charge in [0.2, 0.25) is 0 Å². The van der Waals surface area contributed by atoms with Gasteiger partial charge in [0.25, 0.3) is 0 Å². The summed E-state index contributed by atoms with van der Waals surface area (Å²) in [4.78, 5) is 21.5. The Morgan fingerprint density at radius 2 is 1.56 bits per heavy atom. The molecule has 88 valence electrons. The van der Waals surface area contributed by atoms with Crippen molar-refractivity contribution in [3.8, 4) is 0 Å². The lowest BCUT2D eigenvalue weighted by Crippen LogP contribution is -1.98. The molecule has 0 saturated carbocycles. The van der Waals surface area contributed by atoms with Crippen LogP contribution in [0.5, 0.6) is 0 Å². The maximum absolute atomic E-state index is 10.8. The molecule has 0 aliphatic rings. The molecule has 0 spiro atoms. The zero-order chi connectivity index (χ0) is 12.6. The number of methoxy groups -OCH3 is 1. The Labute approximate surface area is 95.2 Å². The van der Waals surface area contributed by atoms with Gasteiger partial charge in [0, 0.05) is 13.0 Å². The summed E-state index contributed by atoms with van der Waals surface area (Å²) in [5, 5.41) is 0. The van der Waals surface area contributed by atoms with Gasteiger partial charge in [0.05, 0.1) is 7.11 Å². The average Bonchev–Trinajstić information content (AvgIpc) is 2.21. The first-order chi connectivity index (χ1) is 7.47. The number of hydrogen-bond acceptors (Lipinski definition) is 4. The molecule has 16 heavy (non-hydrogen) atoms. The van der Waals surface area contributed by atoms with E-state index in [9.17, 15) is 9.59 Å². The minimum atomic E-state index is -0.434. The summed E-state index contributed by atoms with van der Waals surface area (Å²) in [6.45, 7) is 4.99. The van der Waals surface area contributed by atoms with E-state index in [2.05, 4.69) is 4.74 Å². The third kappa shape index (κ3) is 6.59. The number of esters is 2. The minimum absolute atomic E-state index is 0.377. The average molecular weight is 224 g/mol. The monoisotopic (exact) mass is 224 g/mol. The lowest BCUT2D eigenvalue weighted by molar-refractivity contribution is -0.136. The third-order valence-electron chi connectivity index (χ3n) is 1.54. The highest BCUT2D eigenvalue weighted by Gasteiger charge is 1.99. The summed E-state index contributed by atoms with van der Waals surface area (Å²) in [5.41, 5.74) is 0.873. The molecule has 0 atom stereocenters. The largest absolute Gasteiger partial charge is 0.466 e. The summed E-state index contributed by atoms with van der Waals surface area (Å²) in [6, 6.07) is 0. The molecule has 0 aromatic carbocycles. The number of ether oxygens (including phenoxy) is 2. The molecular formula is C12H16O4. The predicted octanol–water partition coefficient (Wildman–Crippen LogP) is 2.13. The van der Waals surface area contributed by atoms with Crippen molar-refractivity contribution in [2.75, 3.05) is 7.11 Å². The van der Waals surface area contributed by atoms with Crippen molar-refractivity contribution < 1.29 is 19.1 Å². The maximum Gasteiger partial charge on any atom is 0.330 e. The molecule has 0 amide bonds. The van der Waals surface area contributed by atoms with E-state index in [0.29, 0.717) is 5.76 Å². The van der Waals surface area contributed by atoms with E-state index < -0.39 is 5.97 Å². The van der Waals surface area contributed by atoms with Crippen LogP contribution in [0, 0.1) is 0 Å². The van der Waals surface area contributed by atoms with Gasteiger partial charge < -0.3 is 9.47 Å². The van der Waals surface area contributed by atoms with Crippen LogP contribution in [0.25, 0.3) is 0 Å². The normalized spacial score (nSPS) is 10.5. The Bertz CT molecular complexity index is 344. The van der Waals surface area contributed by atoms with Crippen molar-refractivity contribution in [2.45, 2.75) is 20.8 Å². The van der Waals surface area contributed by atoms with E-state index in [1.165, 1.54) is 26.2 Å². The van der Waals surface area contributed by atoms with Crippen molar-refractivity contribution in [3.05, 3.63) is 35.6 Å². The van der Waals surface area contributed by atoms with Gasteiger partial charge in [-0.2, -0.15) is 0 Å². The van der Waals surface area contributed by atoms with E-state index >= 15 is 0 Å². The zero-order valence-corrected chi connectivity index (χ0v) is 9.94. The fourth-order valence-corrected chi connectivity index (χ4v) is 0.803. The van der Waals surface area contributed by atoms with Crippen molar-refractivity contribution in [3.63, 3.8) is 0 Å². The van der Waals surface area contributed by atoms with Crippen molar-refractivity contribution in [1.29, 1.82) is 0 Å². The molecule has 0 aromatic rings. The van der Waals surface area contributed by atoms with Gasteiger partial charge in [0.15, 0.2) is 0 Å². The second-order valence-electron chi connectivity index (χ2n) is 3.20. The van der Waals surface area contributed by atoms with Gasteiger partial charge in [-0.3, -0.25) is 4.79 Å². The van der Waals surface area contributed by atoms with E-state index in [1.54, 1.807) is 12.2 Å². The van der Waals surface area contributed by atoms with E-state index in [0.717, 1.165) is 5.57 Å². The van der Waals surface area contributed by atoms with Crippen LogP contribution in [0.2, 0.25) is 0 Å². The Morgan fingerprint density at radius 1 is 1.00 bits per heavy atom. The first kappa shape index (κ1) is 14.2. The highest BCUT2D eigenvalue weighted by molar-refractivity contribution is 5.82. The molecule has 4 nitrogen and oxygen atoms in total. The molecule has 0 aliphatic carbocycles. The third-order valence-corrected chi connectivity index (χ3v) is 1.54. The standard InChI is InChI=1S/C12H16O4/c1-9(2)11(16-10(3)13)7-5-6-8-12(14)15-4/h5-8H,1-4H3/b7-5-,8-6-. The van der Waals surface area contributed by atoms with Crippen molar-refractivity contribution >= 4 is 11.9 Å². The molecule has 0 aromatic heterocycles. The highest BCUT2D eigenvalue weighted by Crippen LogP contribution is 2.07. The Kier molecular flexibility index (Phi) is 6.59. The van der Waals surface area contributed by atoms with E-state index in [1.807, 2.05) is 13.8 Å². The SMILES string of the molecule is COC(=O)/C=C\C=C/C(OC(C)=O)=C(C)C. The van der Waals surface area contributed by atoms with Gasteiger partial charge in [-0.25, -0.2) is 4.79 Å². The van der Waals surface area contributed by atoms with Gasteiger partial charge in [-0.15, -0.1) is 0 Å². The van der Waals surface area contributed by atoms with Crippen LogP contribution in [-0.4, -0.2) is 19.0 Å². The van der Waals surface area contributed by atoms with Crippen LogP contribution < -0.4 is 0 Å². The Balaban J connectivity index is 4.49. The van der Waals surface area contributed by atoms with Crippen LogP contribution in [0.1, 0.15) is 20.8 Å². The fraction of sp³-hybridized carbons (Fsp3) is 0.333. The van der Waals surface area contributed by atoms with Crippen LogP contribution in [-0.2, 0) is 19.1 Å². The molecule has 0 radical (unpaired) electrons. The Morgan fingerprint density at radius 3 is 2.00 bits per heavy atom. The molecule has 0 unspecified atom stereocenters. The van der Waals surface area contributed by atoms with E-state index in [-0.39, 0.29) is 5.97 Å². The zero-order valence-electron chi connectivity index (χ0n) is 9.94. The molecular weight excluding hydrogens is 208 g/mol. The lowest BCUT2D eigenvalue weighted by Gasteiger charge is -2.03. The highest BCUT2D eigenvalue weighted by atomic mass is 16.5. The van der Waals surface area contributed by atoms with Crippen LogP contribution in [0.3, 0.4) is 0 Å². The second-order valence-corrected chi connectivity index (χ2v) is 3.20. The minimum Gasteiger partial charge on any atom is -0.466 e. The topological polar surface area (TPSA) is 52.6 Å². The first-order valence-electron chi connectivity index (χ1n) is 4.76. The summed E-state index contributed by atoms with van der Waals surface area (Å²) < 4.78 is 9.36. The number of carbonyl (C=O) groups is 2. The summed E-state index contributed by atoms with van der Waals surface area (Å²) in [6.07, 6.45) is 5.99. The molecule has 0 heterocycles. The van der Waals surface area contributed by atoms with Crippen LogP contribution in [0.15, 0.2) is 35.6 Å². The van der Waals surface area contributed by atoms with Gasteiger partial charge in [0.1, 0.15) is 5.76 Å². The van der Waals surface area contributed by atoms with Gasteiger partial charge in [-0.1, -0.05) is 12.2 Å². The predicted molar refractivity (Wildman–Crippen MR) is 60.4 cm³/mol. The maximum atomic E-state index is 10.8. The van der Waals surface area contributed by atoms with Crippen LogP contribution >= 0.6 is 0 Å². The molecule has 0 aliphatic heterocycles. The second kappa shape index (κ2) is 7.45. The lowest BCUT2D eigenvalue weighted by atomic mass is 10.2. The van der Waals surface area contributed by atoms with Crippen molar-refractivity contribution in [1.82, 2.24) is 0 Å². The molecule has 0 saturated heterocycles. The molecule has 0 fully saturated rings. The number of allylic oxidation sites excluding steroid dienone is 4. The molecule has 0 rings (SSSR count). The quantitative estimate of drug-likeness (QED) is 0.318. The molecule has 4 heteroatoms. The summed E-state index contributed by atoms with van der Waals surface area (Å²) in [7, 11) is 1.30. The molecule has 0 bridgehead atoms. The summed E-state index contributed by atoms with van der Waals surface area (Å²) >= 11 is 0. The summed E-state index contributed by atoms with van der Waals surface area (Å²) in [5.74, 6) is -0.337. The smallest absolute Gasteiger partial charge is 0.330 e. The fourth-order valence-electron chi connectivity index (χ4n) is 0.803. The molecule has 0 N–H and O–H groups in total. The number of carbonyl (C=O) groups excluding carboxylic acids is 2. The number of hydrogen-bond donors (Lipinski definition) is 0. The van der Waals surface area contributed by atoms with Crippen molar-refractivity contribution in [2.24, 2.45) is 0 Å². The van der Waals surface area contributed by atoms with Crippen LogP contribution in [0.4, 0.5) is 0 Å². The van der Waals surface area contributed by atoms with Gasteiger partial charge >= 0.3 is 11.9 Å². The first-order valence-corrected chi connectivity index (χ1v) is 4.76.